The lowest BCUT2D eigenvalue weighted by Gasteiger charge is -2.24. The van der Waals surface area contributed by atoms with Crippen LogP contribution >= 0.6 is 15.9 Å². The van der Waals surface area contributed by atoms with Gasteiger partial charge >= 0.3 is 0 Å². The summed E-state index contributed by atoms with van der Waals surface area (Å²) in [7, 11) is -2.88. The molecule has 100 valence electrons. The van der Waals surface area contributed by atoms with E-state index in [1.54, 1.807) is 0 Å². The predicted octanol–water partition coefficient (Wildman–Crippen LogP) is 1.70. The molecule has 1 saturated heterocycles. The molecule has 1 atom stereocenters. The van der Waals surface area contributed by atoms with Gasteiger partial charge in [0, 0.05) is 22.2 Å². The molecule has 0 radical (unpaired) electrons. The summed E-state index contributed by atoms with van der Waals surface area (Å²) in [5.41, 5.74) is 7.16. The van der Waals surface area contributed by atoms with Crippen LogP contribution in [0.5, 0.6) is 0 Å². The van der Waals surface area contributed by atoms with Crippen molar-refractivity contribution in [2.45, 2.75) is 25.4 Å². The number of nitrogens with two attached hydrogens (primary N) is 1. The zero-order valence-electron chi connectivity index (χ0n) is 10.2. The Morgan fingerprint density at radius 2 is 2.22 bits per heavy atom. The summed E-state index contributed by atoms with van der Waals surface area (Å²) in [6, 6.07) is 5.62. The second-order valence-corrected chi connectivity index (χ2v) is 8.15. The Hall–Kier alpha value is -0.590. The average Bonchev–Trinajstić information content (AvgIpc) is 2.55. The standard InChI is InChI=1S/C12H17BrN2O2S/c1-12(4-5-18(16,17)8-12)15-7-9-6-10(14)2-3-11(9)13/h2-3,6,15H,4-5,7-8,14H2,1H3. The van der Waals surface area contributed by atoms with Crippen LogP contribution < -0.4 is 11.1 Å². The molecule has 0 saturated carbocycles. The zero-order chi connectivity index (χ0) is 13.4. The molecule has 6 heteroatoms. The molecule has 1 unspecified atom stereocenters. The lowest BCUT2D eigenvalue weighted by molar-refractivity contribution is 0.395. The Bertz CT molecular complexity index is 559. The molecule has 0 amide bonds. The molecule has 1 heterocycles. The largest absolute Gasteiger partial charge is 0.399 e. The molecular formula is C12H17BrN2O2S. The van der Waals surface area contributed by atoms with Gasteiger partial charge in [-0.1, -0.05) is 15.9 Å². The van der Waals surface area contributed by atoms with Crippen molar-refractivity contribution in [1.82, 2.24) is 5.32 Å². The smallest absolute Gasteiger partial charge is 0.152 e. The van der Waals surface area contributed by atoms with Gasteiger partial charge in [-0.3, -0.25) is 0 Å². The van der Waals surface area contributed by atoms with Gasteiger partial charge in [0.05, 0.1) is 11.5 Å². The van der Waals surface area contributed by atoms with Crippen molar-refractivity contribution in [1.29, 1.82) is 0 Å². The Balaban J connectivity index is 2.06. The van der Waals surface area contributed by atoms with Crippen molar-refractivity contribution in [3.63, 3.8) is 0 Å². The summed E-state index contributed by atoms with van der Waals surface area (Å²) < 4.78 is 24.0. The molecule has 1 aromatic carbocycles. The maximum absolute atomic E-state index is 11.5. The minimum Gasteiger partial charge on any atom is -0.399 e. The minimum atomic E-state index is -2.88. The van der Waals surface area contributed by atoms with E-state index in [0.29, 0.717) is 18.7 Å². The molecule has 0 aromatic heterocycles. The SMILES string of the molecule is CC1(NCc2cc(N)ccc2Br)CCS(=O)(=O)C1. The zero-order valence-corrected chi connectivity index (χ0v) is 12.6. The highest BCUT2D eigenvalue weighted by atomic mass is 79.9. The van der Waals surface area contributed by atoms with Gasteiger partial charge in [0.2, 0.25) is 0 Å². The van der Waals surface area contributed by atoms with E-state index >= 15 is 0 Å². The Labute approximate surface area is 116 Å². The van der Waals surface area contributed by atoms with Crippen LogP contribution in [-0.2, 0) is 16.4 Å². The van der Waals surface area contributed by atoms with Crippen molar-refractivity contribution in [2.75, 3.05) is 17.2 Å². The second kappa shape index (κ2) is 4.83. The summed E-state index contributed by atoms with van der Waals surface area (Å²) in [5, 5.41) is 3.33. The van der Waals surface area contributed by atoms with Crippen LogP contribution in [0.4, 0.5) is 5.69 Å². The number of halogens is 1. The molecule has 4 nitrogen and oxygen atoms in total. The maximum atomic E-state index is 11.5. The summed E-state index contributed by atoms with van der Waals surface area (Å²) in [4.78, 5) is 0. The number of sulfone groups is 1. The number of hydrogen-bond donors (Lipinski definition) is 2. The Morgan fingerprint density at radius 3 is 2.83 bits per heavy atom. The molecule has 1 aliphatic rings. The molecule has 0 aliphatic carbocycles. The van der Waals surface area contributed by atoms with Gasteiger partial charge in [0.1, 0.15) is 0 Å². The molecule has 1 aromatic rings. The fourth-order valence-corrected chi connectivity index (χ4v) is 4.70. The highest BCUT2D eigenvalue weighted by molar-refractivity contribution is 9.10. The third-order valence-electron chi connectivity index (χ3n) is 3.28. The van der Waals surface area contributed by atoms with Crippen LogP contribution in [0.1, 0.15) is 18.9 Å². The van der Waals surface area contributed by atoms with E-state index in [1.165, 1.54) is 0 Å². The maximum Gasteiger partial charge on any atom is 0.152 e. The fourth-order valence-electron chi connectivity index (χ4n) is 2.19. The van der Waals surface area contributed by atoms with E-state index in [-0.39, 0.29) is 17.0 Å². The van der Waals surface area contributed by atoms with Crippen LogP contribution in [0.3, 0.4) is 0 Å². The van der Waals surface area contributed by atoms with E-state index in [4.69, 9.17) is 5.73 Å². The molecule has 0 spiro atoms. The number of nitrogens with one attached hydrogen (secondary N) is 1. The van der Waals surface area contributed by atoms with E-state index in [2.05, 4.69) is 21.2 Å². The van der Waals surface area contributed by atoms with Crippen molar-refractivity contribution in [3.05, 3.63) is 28.2 Å². The third kappa shape index (κ3) is 3.24. The van der Waals surface area contributed by atoms with Crippen LogP contribution in [0, 0.1) is 0 Å². The fraction of sp³-hybridized carbons (Fsp3) is 0.500. The average molecular weight is 333 g/mol. The van der Waals surface area contributed by atoms with Crippen molar-refractivity contribution >= 4 is 31.5 Å². The first-order chi connectivity index (χ1) is 8.30. The lowest BCUT2D eigenvalue weighted by Crippen LogP contribution is -2.42. The first-order valence-corrected chi connectivity index (χ1v) is 8.40. The molecule has 0 bridgehead atoms. The number of hydrogen-bond acceptors (Lipinski definition) is 4. The van der Waals surface area contributed by atoms with E-state index in [0.717, 1.165) is 10.0 Å². The number of nitrogen functional groups attached to an aromatic ring is 1. The predicted molar refractivity (Wildman–Crippen MR) is 77.1 cm³/mol. The second-order valence-electron chi connectivity index (χ2n) is 5.11. The van der Waals surface area contributed by atoms with Crippen LogP contribution in [-0.4, -0.2) is 25.5 Å². The number of anilines is 1. The molecule has 18 heavy (non-hydrogen) atoms. The molecular weight excluding hydrogens is 316 g/mol. The van der Waals surface area contributed by atoms with Crippen LogP contribution in [0.15, 0.2) is 22.7 Å². The van der Waals surface area contributed by atoms with Gasteiger partial charge in [-0.25, -0.2) is 8.42 Å². The topological polar surface area (TPSA) is 72.2 Å². The Morgan fingerprint density at radius 1 is 1.50 bits per heavy atom. The highest BCUT2D eigenvalue weighted by Crippen LogP contribution is 2.25. The van der Waals surface area contributed by atoms with Gasteiger partial charge in [0.25, 0.3) is 0 Å². The van der Waals surface area contributed by atoms with Gasteiger partial charge < -0.3 is 11.1 Å². The van der Waals surface area contributed by atoms with Crippen LogP contribution in [0.25, 0.3) is 0 Å². The summed E-state index contributed by atoms with van der Waals surface area (Å²) in [6.07, 6.45) is 0.662. The van der Waals surface area contributed by atoms with E-state index in [1.807, 2.05) is 25.1 Å². The number of benzene rings is 1. The van der Waals surface area contributed by atoms with Gasteiger partial charge in [-0.05, 0) is 37.1 Å². The van der Waals surface area contributed by atoms with Gasteiger partial charge in [0.15, 0.2) is 9.84 Å². The summed E-state index contributed by atoms with van der Waals surface area (Å²) >= 11 is 3.47. The third-order valence-corrected chi connectivity index (χ3v) is 5.96. The minimum absolute atomic E-state index is 0.208. The normalized spacial score (nSPS) is 26.3. The summed E-state index contributed by atoms with van der Waals surface area (Å²) in [5.74, 6) is 0.481. The molecule has 2 rings (SSSR count). The van der Waals surface area contributed by atoms with Gasteiger partial charge in [-0.2, -0.15) is 0 Å². The summed E-state index contributed by atoms with van der Waals surface area (Å²) in [6.45, 7) is 2.56. The van der Waals surface area contributed by atoms with Gasteiger partial charge in [-0.15, -0.1) is 0 Å². The first-order valence-electron chi connectivity index (χ1n) is 5.79. The quantitative estimate of drug-likeness (QED) is 0.826. The van der Waals surface area contributed by atoms with Crippen molar-refractivity contribution in [3.8, 4) is 0 Å². The molecule has 1 fully saturated rings. The van der Waals surface area contributed by atoms with Crippen LogP contribution in [0.2, 0.25) is 0 Å². The highest BCUT2D eigenvalue weighted by Gasteiger charge is 2.37. The number of rotatable bonds is 3. The monoisotopic (exact) mass is 332 g/mol. The Kier molecular flexibility index (Phi) is 3.71. The first kappa shape index (κ1) is 13.8. The molecule has 1 aliphatic heterocycles. The van der Waals surface area contributed by atoms with Crippen molar-refractivity contribution in [2.24, 2.45) is 0 Å². The van der Waals surface area contributed by atoms with E-state index < -0.39 is 9.84 Å². The lowest BCUT2D eigenvalue weighted by atomic mass is 10.0. The molecule has 3 N–H and O–H groups in total. The van der Waals surface area contributed by atoms with E-state index in [9.17, 15) is 8.42 Å². The van der Waals surface area contributed by atoms with Crippen molar-refractivity contribution < 1.29 is 8.42 Å².